The molecule has 2 aliphatic heterocycles. The summed E-state index contributed by atoms with van der Waals surface area (Å²) in [6, 6.07) is 27.2. The molecule has 0 radical (unpaired) electrons. The van der Waals surface area contributed by atoms with Gasteiger partial charge in [0.2, 0.25) is 15.9 Å². The zero-order chi connectivity index (χ0) is 27.7. The van der Waals surface area contributed by atoms with Crippen molar-refractivity contribution in [3.8, 4) is 11.1 Å². The van der Waals surface area contributed by atoms with Gasteiger partial charge in [0.15, 0.2) is 0 Å². The van der Waals surface area contributed by atoms with Crippen LogP contribution in [0.5, 0.6) is 0 Å². The van der Waals surface area contributed by atoms with Crippen molar-refractivity contribution < 1.29 is 13.2 Å². The first-order chi connectivity index (χ1) is 19.4. The first-order valence-corrected chi connectivity index (χ1v) is 15.4. The van der Waals surface area contributed by atoms with Gasteiger partial charge in [-0.2, -0.15) is 4.31 Å². The molecule has 1 amide bonds. The number of pyridine rings is 1. The van der Waals surface area contributed by atoms with Crippen LogP contribution in [0.15, 0.2) is 89.8 Å². The van der Waals surface area contributed by atoms with E-state index in [-0.39, 0.29) is 23.3 Å². The van der Waals surface area contributed by atoms with E-state index in [0.29, 0.717) is 32.5 Å². The van der Waals surface area contributed by atoms with Crippen LogP contribution in [0, 0.1) is 12.8 Å². The molecular formula is C32H34N4O3S. The zero-order valence-corrected chi connectivity index (χ0v) is 23.6. The molecule has 3 aromatic carbocycles. The number of benzene rings is 3. The Bertz CT molecular complexity index is 1620. The number of anilines is 1. The molecular weight excluding hydrogens is 520 g/mol. The van der Waals surface area contributed by atoms with Crippen LogP contribution in [0.2, 0.25) is 0 Å². The summed E-state index contributed by atoms with van der Waals surface area (Å²) in [5, 5.41) is 1.12. The molecule has 0 N–H and O–H groups in total. The van der Waals surface area contributed by atoms with Gasteiger partial charge in [0.25, 0.3) is 0 Å². The normalized spacial score (nSPS) is 18.7. The Morgan fingerprint density at radius 2 is 1.50 bits per heavy atom. The minimum absolute atomic E-state index is 0.0646. The molecule has 8 heteroatoms. The van der Waals surface area contributed by atoms with E-state index in [1.807, 2.05) is 72.5 Å². The number of amides is 1. The van der Waals surface area contributed by atoms with Crippen LogP contribution in [0.25, 0.3) is 22.0 Å². The van der Waals surface area contributed by atoms with E-state index in [1.54, 1.807) is 12.1 Å². The number of carbonyl (C=O) groups is 1. The monoisotopic (exact) mass is 554 g/mol. The summed E-state index contributed by atoms with van der Waals surface area (Å²) in [4.78, 5) is 22.7. The number of hydrogen-bond donors (Lipinski definition) is 0. The molecule has 206 valence electrons. The summed E-state index contributed by atoms with van der Waals surface area (Å²) in [5.74, 6) is -0.252. The van der Waals surface area contributed by atoms with E-state index in [9.17, 15) is 13.2 Å². The fourth-order valence-electron chi connectivity index (χ4n) is 5.93. The zero-order valence-electron chi connectivity index (χ0n) is 22.7. The molecule has 7 nitrogen and oxygen atoms in total. The Hall–Kier alpha value is -3.75. The standard InChI is InChI=1S/C32H34N4O3S/c1-24-22-31(29-11-5-6-12-30(29)33-24)34-18-20-35(21-19-34)32(37)27-10-7-17-36(23-27)40(38,39)28-15-13-26(14-16-28)25-8-3-2-4-9-25/h2-6,8-9,11-16,22,27H,7,10,17-21,23H2,1H3. The molecule has 6 rings (SSSR count). The number of hydrogen-bond acceptors (Lipinski definition) is 5. The third kappa shape index (κ3) is 5.21. The number of aryl methyl sites for hydroxylation is 1. The van der Waals surface area contributed by atoms with E-state index in [2.05, 4.69) is 22.0 Å². The van der Waals surface area contributed by atoms with Crippen molar-refractivity contribution in [3.05, 3.63) is 90.6 Å². The fourth-order valence-corrected chi connectivity index (χ4v) is 7.46. The summed E-state index contributed by atoms with van der Waals surface area (Å²) in [6.07, 6.45) is 1.40. The van der Waals surface area contributed by atoms with Gasteiger partial charge in [0.05, 0.1) is 16.3 Å². The lowest BCUT2D eigenvalue weighted by Gasteiger charge is -2.39. The highest BCUT2D eigenvalue weighted by molar-refractivity contribution is 7.89. The molecule has 0 spiro atoms. The highest BCUT2D eigenvalue weighted by Crippen LogP contribution is 2.30. The number of piperazine rings is 1. The molecule has 2 aliphatic rings. The number of carbonyl (C=O) groups excluding carboxylic acids is 1. The molecule has 40 heavy (non-hydrogen) atoms. The molecule has 2 saturated heterocycles. The van der Waals surface area contributed by atoms with Crippen LogP contribution in [0.1, 0.15) is 18.5 Å². The van der Waals surface area contributed by atoms with Gasteiger partial charge in [0.1, 0.15) is 0 Å². The molecule has 3 heterocycles. The van der Waals surface area contributed by atoms with E-state index in [1.165, 1.54) is 4.31 Å². The molecule has 0 aliphatic carbocycles. The molecule has 0 bridgehead atoms. The van der Waals surface area contributed by atoms with Gasteiger partial charge in [0, 0.05) is 56.0 Å². The SMILES string of the molecule is Cc1cc(N2CCN(C(=O)C3CCCN(S(=O)(=O)c4ccc(-c5ccccc5)cc4)C3)CC2)c2ccccc2n1. The van der Waals surface area contributed by atoms with Gasteiger partial charge < -0.3 is 9.80 Å². The van der Waals surface area contributed by atoms with Crippen molar-refractivity contribution >= 4 is 32.5 Å². The Morgan fingerprint density at radius 1 is 0.825 bits per heavy atom. The first kappa shape index (κ1) is 26.5. The highest BCUT2D eigenvalue weighted by atomic mass is 32.2. The van der Waals surface area contributed by atoms with Crippen LogP contribution < -0.4 is 4.90 Å². The van der Waals surface area contributed by atoms with E-state index >= 15 is 0 Å². The van der Waals surface area contributed by atoms with Crippen LogP contribution in [-0.2, 0) is 14.8 Å². The average Bonchev–Trinajstić information content (AvgIpc) is 3.01. The second-order valence-corrected chi connectivity index (χ2v) is 12.6. The first-order valence-electron chi connectivity index (χ1n) is 14.0. The molecule has 1 unspecified atom stereocenters. The van der Waals surface area contributed by atoms with E-state index < -0.39 is 10.0 Å². The number of rotatable bonds is 5. The van der Waals surface area contributed by atoms with E-state index in [4.69, 9.17) is 0 Å². The van der Waals surface area contributed by atoms with Gasteiger partial charge in [-0.15, -0.1) is 0 Å². The van der Waals surface area contributed by atoms with Crippen LogP contribution >= 0.6 is 0 Å². The summed E-state index contributed by atoms with van der Waals surface area (Å²) < 4.78 is 28.5. The second kappa shape index (κ2) is 11.0. The van der Waals surface area contributed by atoms with Crippen molar-refractivity contribution in [1.29, 1.82) is 0 Å². The molecule has 2 fully saturated rings. The minimum Gasteiger partial charge on any atom is -0.367 e. The number of piperidine rings is 1. The Labute approximate surface area is 236 Å². The lowest BCUT2D eigenvalue weighted by Crippen LogP contribution is -2.53. The quantitative estimate of drug-likeness (QED) is 0.349. The number of fused-ring (bicyclic) bond motifs is 1. The third-order valence-corrected chi connectivity index (χ3v) is 9.97. The van der Waals surface area contributed by atoms with Crippen LogP contribution in [0.4, 0.5) is 5.69 Å². The number of aromatic nitrogens is 1. The van der Waals surface area contributed by atoms with Gasteiger partial charge in [-0.3, -0.25) is 9.78 Å². The summed E-state index contributed by atoms with van der Waals surface area (Å²) in [5.41, 5.74) is 5.13. The number of nitrogens with zero attached hydrogens (tertiary/aromatic N) is 4. The second-order valence-electron chi connectivity index (χ2n) is 10.7. The summed E-state index contributed by atoms with van der Waals surface area (Å²) in [7, 11) is -3.68. The largest absolute Gasteiger partial charge is 0.367 e. The Balaban J connectivity index is 1.11. The fraction of sp³-hybridized carbons (Fsp3) is 0.312. The van der Waals surface area contributed by atoms with Gasteiger partial charge in [-0.05, 0) is 55.2 Å². The van der Waals surface area contributed by atoms with Crippen molar-refractivity contribution in [1.82, 2.24) is 14.2 Å². The van der Waals surface area contributed by atoms with Crippen molar-refractivity contribution in [3.63, 3.8) is 0 Å². The topological polar surface area (TPSA) is 73.8 Å². The molecule has 0 saturated carbocycles. The molecule has 1 aromatic heterocycles. The van der Waals surface area contributed by atoms with Crippen molar-refractivity contribution in [2.45, 2.75) is 24.7 Å². The van der Waals surface area contributed by atoms with Crippen molar-refractivity contribution in [2.24, 2.45) is 5.92 Å². The van der Waals surface area contributed by atoms with Crippen LogP contribution in [0.3, 0.4) is 0 Å². The lowest BCUT2D eigenvalue weighted by molar-refractivity contribution is -0.137. The predicted octanol–water partition coefficient (Wildman–Crippen LogP) is 4.96. The van der Waals surface area contributed by atoms with Gasteiger partial charge in [-0.1, -0.05) is 60.7 Å². The van der Waals surface area contributed by atoms with Crippen molar-refractivity contribution in [2.75, 3.05) is 44.2 Å². The summed E-state index contributed by atoms with van der Waals surface area (Å²) in [6.45, 7) is 5.40. The smallest absolute Gasteiger partial charge is 0.243 e. The highest BCUT2D eigenvalue weighted by Gasteiger charge is 2.36. The van der Waals surface area contributed by atoms with Crippen LogP contribution in [-0.4, -0.2) is 67.8 Å². The van der Waals surface area contributed by atoms with Gasteiger partial charge in [-0.25, -0.2) is 8.42 Å². The summed E-state index contributed by atoms with van der Waals surface area (Å²) >= 11 is 0. The lowest BCUT2D eigenvalue weighted by atomic mass is 9.97. The average molecular weight is 555 g/mol. The Morgan fingerprint density at radius 3 is 2.25 bits per heavy atom. The predicted molar refractivity (Wildman–Crippen MR) is 159 cm³/mol. The van der Waals surface area contributed by atoms with Gasteiger partial charge >= 0.3 is 0 Å². The maximum Gasteiger partial charge on any atom is 0.243 e. The number of para-hydroxylation sites is 1. The Kier molecular flexibility index (Phi) is 7.29. The third-order valence-electron chi connectivity index (χ3n) is 8.09. The maximum atomic E-state index is 13.5. The minimum atomic E-state index is -3.68. The molecule has 1 atom stereocenters. The number of sulfonamides is 1. The molecule has 4 aromatic rings. The van der Waals surface area contributed by atoms with E-state index in [0.717, 1.165) is 46.5 Å². The maximum absolute atomic E-state index is 13.5.